The number of imidazole rings is 1. The van der Waals surface area contributed by atoms with E-state index >= 15 is 0 Å². The Bertz CT molecular complexity index is 835. The molecule has 2 aromatic heterocycles. The quantitative estimate of drug-likeness (QED) is 0.748. The van der Waals surface area contributed by atoms with Crippen molar-refractivity contribution in [1.29, 1.82) is 0 Å². The summed E-state index contributed by atoms with van der Waals surface area (Å²) in [7, 11) is 1.68. The molecule has 3 rings (SSSR count). The molecule has 0 atom stereocenters. The van der Waals surface area contributed by atoms with Crippen molar-refractivity contribution in [2.45, 2.75) is 19.9 Å². The highest BCUT2D eigenvalue weighted by Crippen LogP contribution is 2.16. The van der Waals surface area contributed by atoms with Crippen molar-refractivity contribution in [1.82, 2.24) is 14.5 Å². The minimum atomic E-state index is 0.714. The summed E-state index contributed by atoms with van der Waals surface area (Å²) in [5.74, 6) is 0.879. The molecule has 0 fully saturated rings. The van der Waals surface area contributed by atoms with Crippen molar-refractivity contribution in [2.24, 2.45) is 0 Å². The van der Waals surface area contributed by atoms with Gasteiger partial charge in [-0.25, -0.2) is 4.98 Å². The number of hydrogen-bond donors (Lipinski definition) is 1. The van der Waals surface area contributed by atoms with E-state index in [2.05, 4.69) is 26.7 Å². The number of pyridine rings is 1. The number of ether oxygens (including phenoxy) is 1. The number of nitrogens with zero attached hydrogens (tertiary/aromatic N) is 2. The van der Waals surface area contributed by atoms with Crippen molar-refractivity contribution in [3.8, 4) is 5.75 Å². The van der Waals surface area contributed by atoms with E-state index in [1.807, 2.05) is 31.2 Å². The molecule has 0 amide bonds. The summed E-state index contributed by atoms with van der Waals surface area (Å²) in [6.45, 7) is 2.78. The van der Waals surface area contributed by atoms with E-state index in [1.165, 1.54) is 5.56 Å². The van der Waals surface area contributed by atoms with Crippen LogP contribution in [0.4, 0.5) is 0 Å². The molecule has 0 unspecified atom stereocenters. The lowest BCUT2D eigenvalue weighted by Gasteiger charge is -2.06. The minimum absolute atomic E-state index is 0.714. The second-order valence-electron chi connectivity index (χ2n) is 5.01. The van der Waals surface area contributed by atoms with Gasteiger partial charge >= 0.3 is 0 Å². The molecule has 0 saturated heterocycles. The average Bonchev–Trinajstić information content (AvgIpc) is 2.80. The minimum Gasteiger partial charge on any atom is -0.497 e. The van der Waals surface area contributed by atoms with Crippen molar-refractivity contribution in [3.63, 3.8) is 0 Å². The van der Waals surface area contributed by atoms with Gasteiger partial charge in [0, 0.05) is 12.2 Å². The number of aryl methyl sites for hydroxylation is 3. The molecular weight excluding hydrogens is 282 g/mol. The predicted octanol–water partition coefficient (Wildman–Crippen LogP) is 3.65. The third-order valence-corrected chi connectivity index (χ3v) is 3.84. The summed E-state index contributed by atoms with van der Waals surface area (Å²) >= 11 is 5.40. The monoisotopic (exact) mass is 299 g/mol. The summed E-state index contributed by atoms with van der Waals surface area (Å²) in [5, 5.41) is 0. The first-order valence-electron chi connectivity index (χ1n) is 6.86. The lowest BCUT2D eigenvalue weighted by Crippen LogP contribution is -2.03. The Hall–Kier alpha value is -2.14. The number of benzene rings is 1. The first kappa shape index (κ1) is 13.8. The lowest BCUT2D eigenvalue weighted by atomic mass is 10.1. The van der Waals surface area contributed by atoms with Gasteiger partial charge < -0.3 is 14.3 Å². The van der Waals surface area contributed by atoms with Crippen LogP contribution in [0.2, 0.25) is 0 Å². The topological polar surface area (TPSA) is 42.8 Å². The fourth-order valence-electron chi connectivity index (χ4n) is 2.40. The first-order chi connectivity index (χ1) is 10.2. The number of fused-ring (bicyclic) bond motifs is 1. The molecule has 108 valence electrons. The SMILES string of the molecule is COc1cccc(CCn2c(=S)[nH]c3ccc(C)nc32)c1. The maximum Gasteiger partial charge on any atom is 0.179 e. The smallest absolute Gasteiger partial charge is 0.179 e. The summed E-state index contributed by atoms with van der Waals surface area (Å²) in [6.07, 6.45) is 0.883. The van der Waals surface area contributed by atoms with Gasteiger partial charge in [0.05, 0.1) is 12.6 Å². The van der Waals surface area contributed by atoms with Gasteiger partial charge in [-0.1, -0.05) is 12.1 Å². The van der Waals surface area contributed by atoms with Crippen LogP contribution in [0.3, 0.4) is 0 Å². The fourth-order valence-corrected chi connectivity index (χ4v) is 2.69. The normalized spacial score (nSPS) is 11.0. The molecule has 1 N–H and O–H groups in total. The average molecular weight is 299 g/mol. The Kier molecular flexibility index (Phi) is 3.75. The van der Waals surface area contributed by atoms with Crippen LogP contribution in [0.15, 0.2) is 36.4 Å². The molecule has 21 heavy (non-hydrogen) atoms. The third-order valence-electron chi connectivity index (χ3n) is 3.52. The highest BCUT2D eigenvalue weighted by molar-refractivity contribution is 7.71. The zero-order valence-corrected chi connectivity index (χ0v) is 12.9. The van der Waals surface area contributed by atoms with Crippen molar-refractivity contribution in [2.75, 3.05) is 7.11 Å². The van der Waals surface area contributed by atoms with Gasteiger partial charge in [0.25, 0.3) is 0 Å². The highest BCUT2D eigenvalue weighted by Gasteiger charge is 2.06. The van der Waals surface area contributed by atoms with Gasteiger partial charge in [0.2, 0.25) is 0 Å². The number of H-pyrrole nitrogens is 1. The molecule has 0 aliphatic rings. The molecule has 3 aromatic rings. The van der Waals surface area contributed by atoms with Crippen LogP contribution in [0, 0.1) is 11.7 Å². The Morgan fingerprint density at radius 1 is 1.29 bits per heavy atom. The summed E-state index contributed by atoms with van der Waals surface area (Å²) < 4.78 is 8.02. The molecule has 0 radical (unpaired) electrons. The van der Waals surface area contributed by atoms with Crippen LogP contribution in [0.25, 0.3) is 11.2 Å². The number of hydrogen-bond acceptors (Lipinski definition) is 3. The molecule has 0 spiro atoms. The standard InChI is InChI=1S/C16H17N3OS/c1-11-6-7-14-15(17-11)19(16(21)18-14)9-8-12-4-3-5-13(10-12)20-2/h3-7,10H,8-9H2,1-2H3,(H,18,21). The van der Waals surface area contributed by atoms with Crippen LogP contribution in [0.1, 0.15) is 11.3 Å². The third kappa shape index (κ3) is 2.83. The van der Waals surface area contributed by atoms with Crippen molar-refractivity contribution in [3.05, 3.63) is 52.4 Å². The van der Waals surface area contributed by atoms with Crippen LogP contribution in [0.5, 0.6) is 5.75 Å². The molecule has 4 nitrogen and oxygen atoms in total. The number of nitrogens with one attached hydrogen (secondary N) is 1. The highest BCUT2D eigenvalue weighted by atomic mass is 32.1. The Morgan fingerprint density at radius 3 is 2.95 bits per heavy atom. The van der Waals surface area contributed by atoms with Crippen LogP contribution >= 0.6 is 12.2 Å². The molecule has 0 saturated carbocycles. The van der Waals surface area contributed by atoms with Crippen LogP contribution in [-0.4, -0.2) is 21.6 Å². The van der Waals surface area contributed by atoms with E-state index in [0.717, 1.165) is 35.6 Å². The van der Waals surface area contributed by atoms with Crippen LogP contribution in [-0.2, 0) is 13.0 Å². The summed E-state index contributed by atoms with van der Waals surface area (Å²) in [6, 6.07) is 12.1. The lowest BCUT2D eigenvalue weighted by molar-refractivity contribution is 0.414. The molecule has 2 heterocycles. The maximum atomic E-state index is 5.40. The molecule has 1 aromatic carbocycles. The van der Waals surface area contributed by atoms with Crippen molar-refractivity contribution < 1.29 is 4.74 Å². The summed E-state index contributed by atoms with van der Waals surface area (Å²) in [5.41, 5.74) is 4.11. The van der Waals surface area contributed by atoms with E-state index < -0.39 is 0 Å². The van der Waals surface area contributed by atoms with Crippen LogP contribution < -0.4 is 4.74 Å². The second-order valence-corrected chi connectivity index (χ2v) is 5.39. The fraction of sp³-hybridized carbons (Fsp3) is 0.250. The Labute approximate surface area is 128 Å². The van der Waals surface area contributed by atoms with E-state index in [-0.39, 0.29) is 0 Å². The molecule has 0 aliphatic heterocycles. The van der Waals surface area contributed by atoms with E-state index in [1.54, 1.807) is 7.11 Å². The van der Waals surface area contributed by atoms with Gasteiger partial charge in [-0.15, -0.1) is 0 Å². The summed E-state index contributed by atoms with van der Waals surface area (Å²) in [4.78, 5) is 7.79. The van der Waals surface area contributed by atoms with E-state index in [9.17, 15) is 0 Å². The molecular formula is C16H17N3OS. The van der Waals surface area contributed by atoms with Gasteiger partial charge in [-0.3, -0.25) is 0 Å². The molecule has 0 aliphatic carbocycles. The van der Waals surface area contributed by atoms with E-state index in [4.69, 9.17) is 17.0 Å². The molecule has 5 heteroatoms. The Morgan fingerprint density at radius 2 is 2.14 bits per heavy atom. The second kappa shape index (κ2) is 5.69. The maximum absolute atomic E-state index is 5.40. The number of methoxy groups -OCH3 is 1. The zero-order chi connectivity index (χ0) is 14.8. The Balaban J connectivity index is 1.89. The number of aromatic amines is 1. The predicted molar refractivity (Wildman–Crippen MR) is 86.4 cm³/mol. The van der Waals surface area contributed by atoms with Gasteiger partial charge in [0.1, 0.15) is 5.75 Å². The van der Waals surface area contributed by atoms with Gasteiger partial charge in [-0.05, 0) is 55.4 Å². The van der Waals surface area contributed by atoms with Gasteiger partial charge in [0.15, 0.2) is 10.4 Å². The largest absolute Gasteiger partial charge is 0.497 e. The van der Waals surface area contributed by atoms with Crippen molar-refractivity contribution >= 4 is 23.4 Å². The number of rotatable bonds is 4. The molecule has 0 bridgehead atoms. The van der Waals surface area contributed by atoms with E-state index in [0.29, 0.717) is 4.77 Å². The van der Waals surface area contributed by atoms with Gasteiger partial charge in [-0.2, -0.15) is 0 Å². The number of aromatic nitrogens is 3. The zero-order valence-electron chi connectivity index (χ0n) is 12.1. The first-order valence-corrected chi connectivity index (χ1v) is 7.27.